The van der Waals surface area contributed by atoms with E-state index in [0.29, 0.717) is 18.3 Å². The highest BCUT2D eigenvalue weighted by Gasteiger charge is 2.19. The number of hydrogen-bond acceptors (Lipinski definition) is 1. The molecule has 1 N–H and O–H groups in total. The third kappa shape index (κ3) is 3.86. The molecule has 1 aromatic rings. The van der Waals surface area contributed by atoms with Crippen LogP contribution in [0.3, 0.4) is 0 Å². The first-order valence-corrected chi connectivity index (χ1v) is 6.72. The molecule has 2 heteroatoms. The van der Waals surface area contributed by atoms with Crippen molar-refractivity contribution in [1.29, 1.82) is 0 Å². The summed E-state index contributed by atoms with van der Waals surface area (Å²) < 4.78 is 0. The molecule has 0 fully saturated rings. The Morgan fingerprint density at radius 3 is 2.50 bits per heavy atom. The largest absolute Gasteiger partial charge is 0.359 e. The van der Waals surface area contributed by atoms with Crippen LogP contribution in [-0.2, 0) is 4.79 Å². The lowest BCUT2D eigenvalue weighted by Crippen LogP contribution is -2.21. The van der Waals surface area contributed by atoms with Crippen LogP contribution in [0, 0.1) is 19.8 Å². The number of amides is 1. The van der Waals surface area contributed by atoms with Gasteiger partial charge in [-0.2, -0.15) is 0 Å². The SMILES string of the molecule is CNC(=O)CC(CC(C)C)c1cccc(C)c1C. The van der Waals surface area contributed by atoms with Crippen LogP contribution in [0.25, 0.3) is 0 Å². The molecule has 0 aliphatic rings. The first-order valence-electron chi connectivity index (χ1n) is 6.72. The molecule has 0 saturated heterocycles. The average Bonchev–Trinajstić information content (AvgIpc) is 2.31. The van der Waals surface area contributed by atoms with Gasteiger partial charge >= 0.3 is 0 Å². The number of benzene rings is 1. The maximum Gasteiger partial charge on any atom is 0.220 e. The fraction of sp³-hybridized carbons (Fsp3) is 0.562. The Morgan fingerprint density at radius 2 is 1.94 bits per heavy atom. The lowest BCUT2D eigenvalue weighted by atomic mass is 9.84. The van der Waals surface area contributed by atoms with Crippen LogP contribution in [0.5, 0.6) is 0 Å². The summed E-state index contributed by atoms with van der Waals surface area (Å²) in [4.78, 5) is 11.7. The van der Waals surface area contributed by atoms with Crippen molar-refractivity contribution in [3.05, 3.63) is 34.9 Å². The Morgan fingerprint density at radius 1 is 1.28 bits per heavy atom. The molecule has 1 rings (SSSR count). The van der Waals surface area contributed by atoms with E-state index in [1.807, 2.05) is 0 Å². The molecule has 0 spiro atoms. The van der Waals surface area contributed by atoms with Gasteiger partial charge in [-0.25, -0.2) is 0 Å². The second-order valence-electron chi connectivity index (χ2n) is 5.49. The maximum absolute atomic E-state index is 11.7. The van der Waals surface area contributed by atoms with Crippen LogP contribution >= 0.6 is 0 Å². The van der Waals surface area contributed by atoms with Crippen molar-refractivity contribution < 1.29 is 4.79 Å². The van der Waals surface area contributed by atoms with E-state index in [1.54, 1.807) is 7.05 Å². The Kier molecular flexibility index (Phi) is 5.39. The quantitative estimate of drug-likeness (QED) is 0.846. The number of rotatable bonds is 5. The molecule has 1 atom stereocenters. The highest BCUT2D eigenvalue weighted by Crippen LogP contribution is 2.30. The molecule has 0 bridgehead atoms. The summed E-state index contributed by atoms with van der Waals surface area (Å²) in [5.41, 5.74) is 3.96. The van der Waals surface area contributed by atoms with Gasteiger partial charge in [-0.05, 0) is 48.8 Å². The molecular weight excluding hydrogens is 222 g/mol. The molecule has 0 aliphatic carbocycles. The second kappa shape index (κ2) is 6.58. The van der Waals surface area contributed by atoms with Crippen LogP contribution in [0.1, 0.15) is 49.3 Å². The molecule has 0 aliphatic heterocycles. The van der Waals surface area contributed by atoms with Gasteiger partial charge in [0.15, 0.2) is 0 Å². The Bertz CT molecular complexity index is 410. The molecule has 2 nitrogen and oxygen atoms in total. The van der Waals surface area contributed by atoms with Crippen molar-refractivity contribution in [3.63, 3.8) is 0 Å². The lowest BCUT2D eigenvalue weighted by Gasteiger charge is -2.21. The number of hydrogen-bond donors (Lipinski definition) is 1. The monoisotopic (exact) mass is 247 g/mol. The highest BCUT2D eigenvalue weighted by atomic mass is 16.1. The Hall–Kier alpha value is -1.31. The number of carbonyl (C=O) groups is 1. The predicted molar refractivity (Wildman–Crippen MR) is 76.8 cm³/mol. The molecule has 18 heavy (non-hydrogen) atoms. The Balaban J connectivity index is 3.01. The highest BCUT2D eigenvalue weighted by molar-refractivity contribution is 5.76. The fourth-order valence-electron chi connectivity index (χ4n) is 2.43. The molecule has 0 aromatic heterocycles. The van der Waals surface area contributed by atoms with E-state index in [-0.39, 0.29) is 5.91 Å². The maximum atomic E-state index is 11.7. The topological polar surface area (TPSA) is 29.1 Å². The van der Waals surface area contributed by atoms with Gasteiger partial charge in [0.25, 0.3) is 0 Å². The molecule has 0 radical (unpaired) electrons. The van der Waals surface area contributed by atoms with E-state index in [9.17, 15) is 4.79 Å². The van der Waals surface area contributed by atoms with Gasteiger partial charge in [0.05, 0.1) is 0 Å². The van der Waals surface area contributed by atoms with Gasteiger partial charge in [-0.15, -0.1) is 0 Å². The number of aryl methyl sites for hydroxylation is 1. The third-order valence-corrected chi connectivity index (χ3v) is 3.55. The minimum absolute atomic E-state index is 0.126. The van der Waals surface area contributed by atoms with Gasteiger partial charge < -0.3 is 5.32 Å². The van der Waals surface area contributed by atoms with E-state index in [1.165, 1.54) is 16.7 Å². The standard InChI is InChI=1S/C16H25NO/c1-11(2)9-14(10-16(18)17-5)15-8-6-7-12(3)13(15)4/h6-8,11,14H,9-10H2,1-5H3,(H,17,18). The molecular formula is C16H25NO. The zero-order valence-corrected chi connectivity index (χ0v) is 12.2. The van der Waals surface area contributed by atoms with Crippen LogP contribution in [0.2, 0.25) is 0 Å². The molecule has 1 amide bonds. The summed E-state index contributed by atoms with van der Waals surface area (Å²) in [5.74, 6) is 1.05. The van der Waals surface area contributed by atoms with Crippen molar-refractivity contribution in [1.82, 2.24) is 5.32 Å². The van der Waals surface area contributed by atoms with Crippen LogP contribution in [0.15, 0.2) is 18.2 Å². The van der Waals surface area contributed by atoms with Crippen molar-refractivity contribution in [2.45, 2.75) is 46.5 Å². The first kappa shape index (κ1) is 14.7. The smallest absolute Gasteiger partial charge is 0.220 e. The lowest BCUT2D eigenvalue weighted by molar-refractivity contribution is -0.121. The summed E-state index contributed by atoms with van der Waals surface area (Å²) in [7, 11) is 1.71. The minimum atomic E-state index is 0.126. The molecule has 1 aromatic carbocycles. The van der Waals surface area contributed by atoms with E-state index in [4.69, 9.17) is 0 Å². The van der Waals surface area contributed by atoms with Crippen molar-refractivity contribution in [2.24, 2.45) is 5.92 Å². The van der Waals surface area contributed by atoms with Gasteiger partial charge in [0.2, 0.25) is 5.91 Å². The zero-order valence-electron chi connectivity index (χ0n) is 12.2. The van der Waals surface area contributed by atoms with E-state index < -0.39 is 0 Å². The van der Waals surface area contributed by atoms with Crippen LogP contribution < -0.4 is 5.32 Å². The van der Waals surface area contributed by atoms with E-state index in [2.05, 4.69) is 51.2 Å². The van der Waals surface area contributed by atoms with Gasteiger partial charge in [0.1, 0.15) is 0 Å². The van der Waals surface area contributed by atoms with Crippen molar-refractivity contribution in [3.8, 4) is 0 Å². The predicted octanol–water partition coefficient (Wildman–Crippen LogP) is 3.57. The van der Waals surface area contributed by atoms with Crippen LogP contribution in [-0.4, -0.2) is 13.0 Å². The summed E-state index contributed by atoms with van der Waals surface area (Å²) in [6.07, 6.45) is 1.64. The summed E-state index contributed by atoms with van der Waals surface area (Å²) in [6, 6.07) is 6.39. The average molecular weight is 247 g/mol. The molecule has 100 valence electrons. The molecule has 1 unspecified atom stereocenters. The number of nitrogens with one attached hydrogen (secondary N) is 1. The normalized spacial score (nSPS) is 12.6. The zero-order chi connectivity index (χ0) is 13.7. The van der Waals surface area contributed by atoms with E-state index in [0.717, 1.165) is 6.42 Å². The van der Waals surface area contributed by atoms with E-state index >= 15 is 0 Å². The summed E-state index contributed by atoms with van der Waals surface area (Å²) in [5, 5.41) is 2.73. The van der Waals surface area contributed by atoms with Crippen LogP contribution in [0.4, 0.5) is 0 Å². The van der Waals surface area contributed by atoms with Crippen molar-refractivity contribution in [2.75, 3.05) is 7.05 Å². The first-order chi connectivity index (χ1) is 8.45. The molecule has 0 heterocycles. The third-order valence-electron chi connectivity index (χ3n) is 3.55. The Labute approximate surface area is 111 Å². The van der Waals surface area contributed by atoms with Gasteiger partial charge in [-0.1, -0.05) is 32.0 Å². The fourth-order valence-corrected chi connectivity index (χ4v) is 2.43. The summed E-state index contributed by atoms with van der Waals surface area (Å²) >= 11 is 0. The van der Waals surface area contributed by atoms with Gasteiger partial charge in [-0.3, -0.25) is 4.79 Å². The summed E-state index contributed by atoms with van der Waals surface area (Å²) in [6.45, 7) is 8.71. The van der Waals surface area contributed by atoms with Crippen molar-refractivity contribution >= 4 is 5.91 Å². The number of carbonyl (C=O) groups excluding carboxylic acids is 1. The minimum Gasteiger partial charge on any atom is -0.359 e. The molecule has 0 saturated carbocycles. The van der Waals surface area contributed by atoms with Gasteiger partial charge in [0, 0.05) is 13.5 Å². The second-order valence-corrected chi connectivity index (χ2v) is 5.49.